The molecular weight excluding hydrogens is 244 g/mol. The van der Waals surface area contributed by atoms with Crippen molar-refractivity contribution < 1.29 is 19.3 Å². The number of benzene rings is 1. The van der Waals surface area contributed by atoms with Gasteiger partial charge in [0.25, 0.3) is 0 Å². The second-order valence-electron chi connectivity index (χ2n) is 5.70. The lowest BCUT2D eigenvalue weighted by atomic mass is 10.2. The fourth-order valence-electron chi connectivity index (χ4n) is 2.85. The zero-order chi connectivity index (χ0) is 13.5. The molecule has 1 saturated heterocycles. The fraction of sp³-hybridized carbons (Fsp3) is 0.600. The molecule has 0 aromatic heterocycles. The molecule has 19 heavy (non-hydrogen) atoms. The third kappa shape index (κ3) is 2.67. The molecule has 2 fully saturated rings. The predicted octanol–water partition coefficient (Wildman–Crippen LogP) is 1.86. The Kier molecular flexibility index (Phi) is 3.35. The highest BCUT2D eigenvalue weighted by Gasteiger charge is 2.54. The van der Waals surface area contributed by atoms with Gasteiger partial charge in [-0.3, -0.25) is 0 Å². The molecular formula is C15H20O4. The van der Waals surface area contributed by atoms with Crippen molar-refractivity contribution in [3.63, 3.8) is 0 Å². The van der Waals surface area contributed by atoms with Crippen LogP contribution >= 0.6 is 0 Å². The van der Waals surface area contributed by atoms with Crippen LogP contribution in [0, 0.1) is 0 Å². The van der Waals surface area contributed by atoms with Gasteiger partial charge in [0, 0.05) is 6.42 Å². The summed E-state index contributed by atoms with van der Waals surface area (Å²) >= 11 is 0. The molecule has 0 radical (unpaired) electrons. The lowest BCUT2D eigenvalue weighted by molar-refractivity contribution is -0.176. The number of rotatable bonds is 3. The van der Waals surface area contributed by atoms with Gasteiger partial charge in [0.1, 0.15) is 12.2 Å². The van der Waals surface area contributed by atoms with Gasteiger partial charge in [-0.1, -0.05) is 30.3 Å². The summed E-state index contributed by atoms with van der Waals surface area (Å²) in [5.74, 6) is -0.634. The number of hydrogen-bond acceptors (Lipinski definition) is 4. The highest BCUT2D eigenvalue weighted by molar-refractivity contribution is 5.13. The van der Waals surface area contributed by atoms with Crippen LogP contribution in [0.3, 0.4) is 0 Å². The van der Waals surface area contributed by atoms with Gasteiger partial charge in [0.05, 0.1) is 18.8 Å². The second kappa shape index (κ2) is 4.87. The molecule has 0 bridgehead atoms. The molecule has 4 atom stereocenters. The van der Waals surface area contributed by atoms with Crippen molar-refractivity contribution in [2.24, 2.45) is 0 Å². The number of aliphatic hydroxyl groups excluding tert-OH is 1. The highest BCUT2D eigenvalue weighted by atomic mass is 16.8. The van der Waals surface area contributed by atoms with Gasteiger partial charge >= 0.3 is 0 Å². The highest BCUT2D eigenvalue weighted by Crippen LogP contribution is 2.39. The van der Waals surface area contributed by atoms with Crippen molar-refractivity contribution in [1.82, 2.24) is 0 Å². The van der Waals surface area contributed by atoms with Crippen molar-refractivity contribution in [2.75, 3.05) is 0 Å². The van der Waals surface area contributed by atoms with Gasteiger partial charge in [0.2, 0.25) is 0 Å². The summed E-state index contributed by atoms with van der Waals surface area (Å²) < 4.78 is 17.5. The first kappa shape index (κ1) is 13.1. The van der Waals surface area contributed by atoms with Crippen LogP contribution in [-0.2, 0) is 20.8 Å². The second-order valence-corrected chi connectivity index (χ2v) is 5.70. The minimum absolute atomic E-state index is 0.109. The molecule has 1 aliphatic carbocycles. The minimum Gasteiger partial charge on any atom is -0.390 e. The average Bonchev–Trinajstić information content (AvgIpc) is 2.84. The van der Waals surface area contributed by atoms with Crippen molar-refractivity contribution in [3.8, 4) is 0 Å². The maximum absolute atomic E-state index is 10.0. The Labute approximate surface area is 113 Å². The van der Waals surface area contributed by atoms with Crippen LogP contribution < -0.4 is 0 Å². The van der Waals surface area contributed by atoms with Gasteiger partial charge in [-0.05, 0) is 19.4 Å². The van der Waals surface area contributed by atoms with Gasteiger partial charge in [-0.15, -0.1) is 0 Å². The van der Waals surface area contributed by atoms with Crippen LogP contribution in [0.25, 0.3) is 0 Å². The maximum Gasteiger partial charge on any atom is 0.164 e. The van der Waals surface area contributed by atoms with E-state index in [9.17, 15) is 5.11 Å². The van der Waals surface area contributed by atoms with Crippen LogP contribution in [0.2, 0.25) is 0 Å². The van der Waals surface area contributed by atoms with E-state index >= 15 is 0 Å². The first-order valence-corrected chi connectivity index (χ1v) is 6.74. The molecule has 0 amide bonds. The van der Waals surface area contributed by atoms with E-state index in [2.05, 4.69) is 0 Å². The third-order valence-electron chi connectivity index (χ3n) is 3.69. The molecule has 1 aliphatic heterocycles. The summed E-state index contributed by atoms with van der Waals surface area (Å²) in [6.07, 6.45) is -0.489. The van der Waals surface area contributed by atoms with E-state index in [4.69, 9.17) is 14.2 Å². The van der Waals surface area contributed by atoms with Gasteiger partial charge < -0.3 is 19.3 Å². The van der Waals surface area contributed by atoms with Crippen molar-refractivity contribution in [2.45, 2.75) is 57.1 Å². The third-order valence-corrected chi connectivity index (χ3v) is 3.69. The normalized spacial score (nSPS) is 36.4. The zero-order valence-electron chi connectivity index (χ0n) is 11.3. The van der Waals surface area contributed by atoms with Gasteiger partial charge in [-0.25, -0.2) is 0 Å². The Balaban J connectivity index is 1.63. The van der Waals surface area contributed by atoms with Crippen LogP contribution in [0.5, 0.6) is 0 Å². The Morgan fingerprint density at radius 1 is 1.21 bits per heavy atom. The molecule has 1 aromatic carbocycles. The number of fused-ring (bicyclic) bond motifs is 1. The standard InChI is InChI=1S/C15H20O4/c1-15(2)18-13-11(16)8-12(14(13)19-15)17-9-10-6-4-3-5-7-10/h3-7,11-14,16H,8-9H2,1-2H3/t11-,12+,13+,14-/m0/s1. The van der Waals surface area contributed by atoms with Crippen molar-refractivity contribution >= 4 is 0 Å². The summed E-state index contributed by atoms with van der Waals surface area (Å²) in [5.41, 5.74) is 1.12. The molecule has 3 rings (SSSR count). The largest absolute Gasteiger partial charge is 0.390 e. The molecule has 1 aromatic rings. The number of hydrogen-bond donors (Lipinski definition) is 1. The molecule has 4 heteroatoms. The SMILES string of the molecule is CC1(C)O[C@@H]2[C@H](O1)[C@@H](O)C[C@H]2OCc1ccccc1. The Morgan fingerprint density at radius 3 is 2.63 bits per heavy atom. The van der Waals surface area contributed by atoms with Crippen LogP contribution in [-0.4, -0.2) is 35.3 Å². The topological polar surface area (TPSA) is 47.9 Å². The molecule has 4 nitrogen and oxygen atoms in total. The number of aliphatic hydroxyl groups is 1. The molecule has 1 saturated carbocycles. The Bertz CT molecular complexity index is 431. The molecule has 1 N–H and O–H groups in total. The maximum atomic E-state index is 10.0. The predicted molar refractivity (Wildman–Crippen MR) is 69.5 cm³/mol. The first-order chi connectivity index (χ1) is 9.05. The zero-order valence-corrected chi connectivity index (χ0v) is 11.3. The molecule has 0 unspecified atom stereocenters. The summed E-state index contributed by atoms with van der Waals surface area (Å²) in [6, 6.07) is 10.0. The summed E-state index contributed by atoms with van der Waals surface area (Å²) in [5, 5.41) is 10.0. The monoisotopic (exact) mass is 264 g/mol. The lowest BCUT2D eigenvalue weighted by Crippen LogP contribution is -2.31. The van der Waals surface area contributed by atoms with Crippen molar-refractivity contribution in [1.29, 1.82) is 0 Å². The average molecular weight is 264 g/mol. The van der Waals surface area contributed by atoms with E-state index in [-0.39, 0.29) is 18.3 Å². The van der Waals surface area contributed by atoms with Crippen LogP contribution in [0.15, 0.2) is 30.3 Å². The van der Waals surface area contributed by atoms with E-state index in [1.165, 1.54) is 0 Å². The smallest absolute Gasteiger partial charge is 0.164 e. The molecule has 2 aliphatic rings. The molecule has 104 valence electrons. The van der Waals surface area contributed by atoms with Crippen molar-refractivity contribution in [3.05, 3.63) is 35.9 Å². The van der Waals surface area contributed by atoms with Crippen LogP contribution in [0.4, 0.5) is 0 Å². The summed E-state index contributed by atoms with van der Waals surface area (Å²) in [6.45, 7) is 4.27. The minimum atomic E-state index is -0.634. The van der Waals surface area contributed by atoms with Gasteiger partial charge in [-0.2, -0.15) is 0 Å². The van der Waals surface area contributed by atoms with E-state index in [0.717, 1.165) is 5.56 Å². The summed E-state index contributed by atoms with van der Waals surface area (Å²) in [4.78, 5) is 0. The van der Waals surface area contributed by atoms with Gasteiger partial charge in [0.15, 0.2) is 5.79 Å². The lowest BCUT2D eigenvalue weighted by Gasteiger charge is -2.22. The van der Waals surface area contributed by atoms with E-state index in [1.54, 1.807) is 0 Å². The van der Waals surface area contributed by atoms with E-state index in [0.29, 0.717) is 13.0 Å². The van der Waals surface area contributed by atoms with E-state index in [1.807, 2.05) is 44.2 Å². The Hall–Kier alpha value is -0.940. The quantitative estimate of drug-likeness (QED) is 0.905. The van der Waals surface area contributed by atoms with Crippen LogP contribution in [0.1, 0.15) is 25.8 Å². The Morgan fingerprint density at radius 2 is 1.89 bits per heavy atom. The number of ether oxygens (including phenoxy) is 3. The summed E-state index contributed by atoms with van der Waals surface area (Å²) in [7, 11) is 0. The fourth-order valence-corrected chi connectivity index (χ4v) is 2.85. The first-order valence-electron chi connectivity index (χ1n) is 6.74. The molecule has 1 heterocycles. The molecule has 0 spiro atoms. The van der Waals surface area contributed by atoms with E-state index < -0.39 is 11.9 Å².